The average molecular weight is 450 g/mol. The fourth-order valence-corrected chi connectivity index (χ4v) is 3.87. The molecule has 0 saturated heterocycles. The van der Waals surface area contributed by atoms with E-state index in [0.717, 1.165) is 22.3 Å². The maximum atomic E-state index is 12.5. The van der Waals surface area contributed by atoms with Crippen LogP contribution in [0, 0.1) is 0 Å². The zero-order valence-electron chi connectivity index (χ0n) is 18.9. The topological polar surface area (TPSA) is 118 Å². The molecule has 8 nitrogen and oxygen atoms in total. The first-order valence-electron chi connectivity index (χ1n) is 10.7. The molecule has 1 atom stereocenters. The molecule has 3 rings (SSSR count). The van der Waals surface area contributed by atoms with Crippen LogP contribution in [0.4, 0.5) is 4.79 Å². The van der Waals surface area contributed by atoms with Gasteiger partial charge in [-0.05, 0) is 49.4 Å². The molecule has 0 aliphatic heterocycles. The van der Waals surface area contributed by atoms with Gasteiger partial charge < -0.3 is 20.3 Å². The van der Waals surface area contributed by atoms with Crippen LogP contribution in [0.3, 0.4) is 0 Å². The lowest BCUT2D eigenvalue weighted by atomic mass is 9.98. The molecule has 8 heteroatoms. The van der Waals surface area contributed by atoms with E-state index in [0.29, 0.717) is 6.21 Å². The Bertz CT molecular complexity index is 1050. The average Bonchev–Trinajstić information content (AvgIpc) is 3.08. The summed E-state index contributed by atoms with van der Waals surface area (Å²) in [5.74, 6) is -1.29. The Labute approximate surface area is 192 Å². The van der Waals surface area contributed by atoms with E-state index in [1.165, 1.54) is 0 Å². The number of Topliss-reactive ketones (excluding diaryl/α,β-unsaturated/α-hetero) is 1. The first kappa shape index (κ1) is 23.9. The van der Waals surface area contributed by atoms with Crippen LogP contribution in [0.1, 0.15) is 50.7 Å². The third kappa shape index (κ3) is 6.14. The van der Waals surface area contributed by atoms with E-state index >= 15 is 0 Å². The molecule has 0 bridgehead atoms. The summed E-state index contributed by atoms with van der Waals surface area (Å²) < 4.78 is 10.7. The molecule has 1 aliphatic carbocycles. The second-order valence-corrected chi connectivity index (χ2v) is 8.79. The van der Waals surface area contributed by atoms with Gasteiger partial charge in [-0.2, -0.15) is 4.79 Å². The number of ketones is 1. The molecule has 1 aliphatic rings. The van der Waals surface area contributed by atoms with Crippen molar-refractivity contribution < 1.29 is 28.6 Å². The van der Waals surface area contributed by atoms with Crippen LogP contribution in [-0.4, -0.2) is 47.1 Å². The Hall–Kier alpha value is -3.77. The molecule has 0 fully saturated rings. The van der Waals surface area contributed by atoms with Gasteiger partial charge in [-0.3, -0.25) is 9.59 Å². The van der Waals surface area contributed by atoms with Crippen molar-refractivity contribution in [1.82, 2.24) is 5.32 Å². The number of amides is 1. The van der Waals surface area contributed by atoms with E-state index in [9.17, 15) is 14.4 Å². The van der Waals surface area contributed by atoms with Gasteiger partial charge in [0.1, 0.15) is 18.2 Å². The quantitative estimate of drug-likeness (QED) is 0.284. The van der Waals surface area contributed by atoms with Crippen LogP contribution in [0.5, 0.6) is 0 Å². The molecular weight excluding hydrogens is 422 g/mol. The minimum Gasteiger partial charge on any atom is -0.460 e. The molecule has 0 spiro atoms. The van der Waals surface area contributed by atoms with Gasteiger partial charge >= 0.3 is 18.3 Å². The van der Waals surface area contributed by atoms with E-state index in [1.54, 1.807) is 20.8 Å². The maximum absolute atomic E-state index is 12.5. The molecule has 2 aromatic carbocycles. The van der Waals surface area contributed by atoms with Crippen LogP contribution in [0.25, 0.3) is 16.7 Å². The number of ether oxygens (including phenoxy) is 2. The smallest absolute Gasteiger partial charge is 0.407 e. The van der Waals surface area contributed by atoms with Crippen LogP contribution in [-0.2, 0) is 19.1 Å². The number of esters is 1. The number of nitrogens with one attached hydrogen (secondary N) is 1. The van der Waals surface area contributed by atoms with Crippen LogP contribution in [0.15, 0.2) is 48.5 Å². The summed E-state index contributed by atoms with van der Waals surface area (Å²) in [6, 6.07) is 14.8. The number of carbonyl (C=O) groups is 3. The predicted octanol–water partition coefficient (Wildman–Crippen LogP) is 3.89. The number of rotatable bonds is 8. The molecule has 0 heterocycles. The number of carbonyl (C=O) groups excluding carboxylic acids is 3. The highest BCUT2D eigenvalue weighted by Crippen LogP contribution is 2.44. The van der Waals surface area contributed by atoms with Crippen molar-refractivity contribution in [1.29, 1.82) is 0 Å². The minimum absolute atomic E-state index is 0.0238. The number of hydrogen-bond donors (Lipinski definition) is 1. The Balaban J connectivity index is 1.64. The summed E-state index contributed by atoms with van der Waals surface area (Å²) >= 11 is 0. The van der Waals surface area contributed by atoms with Crippen molar-refractivity contribution >= 4 is 24.1 Å². The molecule has 0 aromatic heterocycles. The molecule has 0 radical (unpaired) electrons. The Morgan fingerprint density at radius 2 is 1.64 bits per heavy atom. The summed E-state index contributed by atoms with van der Waals surface area (Å²) in [6.07, 6.45) is -0.241. The van der Waals surface area contributed by atoms with E-state index in [1.807, 2.05) is 48.5 Å². The van der Waals surface area contributed by atoms with Gasteiger partial charge in [-0.1, -0.05) is 48.5 Å². The van der Waals surface area contributed by atoms with Gasteiger partial charge in [0.25, 0.3) is 5.78 Å². The van der Waals surface area contributed by atoms with Gasteiger partial charge in [0.15, 0.2) is 0 Å². The van der Waals surface area contributed by atoms with E-state index in [2.05, 4.69) is 10.1 Å². The first-order valence-corrected chi connectivity index (χ1v) is 10.7. The van der Waals surface area contributed by atoms with Crippen molar-refractivity contribution in [2.45, 2.75) is 51.2 Å². The second kappa shape index (κ2) is 10.2. The summed E-state index contributed by atoms with van der Waals surface area (Å²) in [5.41, 5.74) is 12.4. The lowest BCUT2D eigenvalue weighted by molar-refractivity contribution is -0.155. The molecule has 33 heavy (non-hydrogen) atoms. The van der Waals surface area contributed by atoms with Crippen molar-refractivity contribution in [3.05, 3.63) is 65.2 Å². The second-order valence-electron chi connectivity index (χ2n) is 8.79. The lowest BCUT2D eigenvalue weighted by Gasteiger charge is -2.20. The van der Waals surface area contributed by atoms with Gasteiger partial charge in [0, 0.05) is 12.3 Å². The fraction of sp³-hybridized carbons (Fsp3) is 0.360. The van der Waals surface area contributed by atoms with Crippen LogP contribution in [0.2, 0.25) is 0 Å². The SMILES string of the molecule is CC(C)(C)OC(=O)CC[C@H](NC(=O)OCC1c2ccccc2-c2ccccc21)C(=O)C=[N+]=[N-]. The zero-order chi connectivity index (χ0) is 24.0. The highest BCUT2D eigenvalue weighted by Gasteiger charge is 2.30. The summed E-state index contributed by atoms with van der Waals surface area (Å²) in [5, 5.41) is 2.47. The molecule has 0 saturated carbocycles. The number of hydrogen-bond acceptors (Lipinski definition) is 5. The van der Waals surface area contributed by atoms with Crippen molar-refractivity contribution in [2.24, 2.45) is 0 Å². The normalized spacial score (nSPS) is 13.2. The van der Waals surface area contributed by atoms with Gasteiger partial charge in [-0.25, -0.2) is 4.79 Å². The van der Waals surface area contributed by atoms with E-state index in [4.69, 9.17) is 15.0 Å². The van der Waals surface area contributed by atoms with Crippen molar-refractivity contribution in [3.8, 4) is 11.1 Å². The van der Waals surface area contributed by atoms with Gasteiger partial charge in [-0.15, -0.1) is 0 Å². The standard InChI is InChI=1S/C25H27N3O5/c1-25(2,3)33-23(30)13-12-21(22(29)14-27-26)28-24(31)32-15-20-18-10-6-4-8-16(18)17-9-5-7-11-19(17)20/h4-11,14,20-21H,12-13,15H2,1-3H3,(H,28,31)/t21-/m0/s1. The lowest BCUT2D eigenvalue weighted by Crippen LogP contribution is -2.42. The monoisotopic (exact) mass is 449 g/mol. The fourth-order valence-electron chi connectivity index (χ4n) is 3.87. The predicted molar refractivity (Wildman–Crippen MR) is 122 cm³/mol. The third-order valence-electron chi connectivity index (χ3n) is 5.22. The summed E-state index contributed by atoms with van der Waals surface area (Å²) in [4.78, 5) is 39.5. The largest absolute Gasteiger partial charge is 0.460 e. The molecule has 1 amide bonds. The molecule has 2 aromatic rings. The number of alkyl carbamates (subject to hydrolysis) is 1. The summed E-state index contributed by atoms with van der Waals surface area (Å²) in [6.45, 7) is 5.30. The van der Waals surface area contributed by atoms with E-state index in [-0.39, 0.29) is 25.4 Å². The first-order chi connectivity index (χ1) is 15.7. The molecule has 0 unspecified atom stereocenters. The van der Waals surface area contributed by atoms with Crippen molar-refractivity contribution in [2.75, 3.05) is 6.61 Å². The van der Waals surface area contributed by atoms with Gasteiger partial charge in [0.2, 0.25) is 0 Å². The Morgan fingerprint density at radius 3 is 2.18 bits per heavy atom. The van der Waals surface area contributed by atoms with Crippen LogP contribution < -0.4 is 5.32 Å². The van der Waals surface area contributed by atoms with Crippen molar-refractivity contribution in [3.63, 3.8) is 0 Å². The van der Waals surface area contributed by atoms with E-state index < -0.39 is 29.5 Å². The number of fused-ring (bicyclic) bond motifs is 3. The summed E-state index contributed by atoms with van der Waals surface area (Å²) in [7, 11) is 0. The maximum Gasteiger partial charge on any atom is 0.407 e. The minimum atomic E-state index is -1.09. The zero-order valence-corrected chi connectivity index (χ0v) is 18.9. The number of nitrogens with zero attached hydrogens (tertiary/aromatic N) is 2. The highest BCUT2D eigenvalue weighted by molar-refractivity contribution is 6.28. The highest BCUT2D eigenvalue weighted by atomic mass is 16.6. The Morgan fingerprint density at radius 1 is 1.06 bits per heavy atom. The molecule has 172 valence electrons. The Kier molecular flexibility index (Phi) is 7.41. The number of benzene rings is 2. The molecular formula is C25H27N3O5. The third-order valence-corrected chi connectivity index (χ3v) is 5.22. The van der Waals surface area contributed by atoms with Crippen LogP contribution >= 0.6 is 0 Å². The van der Waals surface area contributed by atoms with Gasteiger partial charge in [0.05, 0.1) is 0 Å². The molecule has 1 N–H and O–H groups in total.